The maximum atomic E-state index is 11.5. The van der Waals surface area contributed by atoms with Crippen LogP contribution in [0.25, 0.3) is 0 Å². The molecule has 0 aromatic heterocycles. The minimum Gasteiger partial charge on any atom is -0.385 e. The van der Waals surface area contributed by atoms with Crippen molar-refractivity contribution in [3.63, 3.8) is 0 Å². The number of rotatable bonds is 0. The smallest absolute Gasteiger partial charge is 0.171 e. The van der Waals surface area contributed by atoms with Gasteiger partial charge in [0.1, 0.15) is 6.10 Å². The highest BCUT2D eigenvalue weighted by atomic mass is 16.7. The Labute approximate surface area is 96.9 Å². The highest BCUT2D eigenvalue weighted by Gasteiger charge is 2.43. The van der Waals surface area contributed by atoms with Crippen molar-refractivity contribution in [1.29, 1.82) is 0 Å². The van der Waals surface area contributed by atoms with Crippen LogP contribution in [0.1, 0.15) is 40.0 Å². The van der Waals surface area contributed by atoms with E-state index >= 15 is 0 Å². The topological polar surface area (TPSA) is 55.8 Å². The Morgan fingerprint density at radius 2 is 1.88 bits per heavy atom. The van der Waals surface area contributed by atoms with Gasteiger partial charge < -0.3 is 14.6 Å². The largest absolute Gasteiger partial charge is 0.385 e. The number of ether oxygens (including phenoxy) is 2. The highest BCUT2D eigenvalue weighted by Crippen LogP contribution is 2.35. The summed E-state index contributed by atoms with van der Waals surface area (Å²) < 4.78 is 11.0. The molecule has 1 saturated heterocycles. The van der Waals surface area contributed by atoms with Gasteiger partial charge in [-0.1, -0.05) is 20.8 Å². The summed E-state index contributed by atoms with van der Waals surface area (Å²) >= 11 is 0. The van der Waals surface area contributed by atoms with Crippen molar-refractivity contribution in [2.45, 2.75) is 51.9 Å². The summed E-state index contributed by atoms with van der Waals surface area (Å²) in [7, 11) is 0. The molecule has 2 fully saturated rings. The van der Waals surface area contributed by atoms with Gasteiger partial charge in [-0.25, -0.2) is 0 Å². The summed E-state index contributed by atoms with van der Waals surface area (Å²) in [6.07, 6.45) is 0.800. The molecule has 4 heteroatoms. The van der Waals surface area contributed by atoms with Crippen molar-refractivity contribution in [3.8, 4) is 0 Å². The molecule has 0 radical (unpaired) electrons. The van der Waals surface area contributed by atoms with E-state index in [1.165, 1.54) is 0 Å². The zero-order valence-corrected chi connectivity index (χ0v) is 10.4. The van der Waals surface area contributed by atoms with Crippen LogP contribution in [0, 0.1) is 5.92 Å². The molecule has 1 aliphatic carbocycles. The molecule has 1 N–H and O–H groups in total. The summed E-state index contributed by atoms with van der Waals surface area (Å²) in [5.41, 5.74) is 0. The highest BCUT2D eigenvalue weighted by molar-refractivity contribution is 5.85. The van der Waals surface area contributed by atoms with E-state index in [4.69, 9.17) is 9.47 Å². The first-order valence-electron chi connectivity index (χ1n) is 6.13. The molecule has 0 amide bonds. The number of hydrogen-bond donors (Lipinski definition) is 1. The van der Waals surface area contributed by atoms with Gasteiger partial charge in [-0.3, -0.25) is 4.79 Å². The molecule has 1 aliphatic heterocycles. The lowest BCUT2D eigenvalue weighted by molar-refractivity contribution is -0.178. The van der Waals surface area contributed by atoms with E-state index in [1.807, 2.05) is 20.8 Å². The number of ketones is 1. The van der Waals surface area contributed by atoms with Crippen LogP contribution in [0.4, 0.5) is 0 Å². The number of aliphatic hydroxyl groups excluding tert-OH is 1. The first kappa shape index (κ1) is 13.6. The van der Waals surface area contributed by atoms with Crippen LogP contribution in [0.15, 0.2) is 0 Å². The van der Waals surface area contributed by atoms with Crippen LogP contribution in [0.3, 0.4) is 0 Å². The first-order chi connectivity index (χ1) is 7.63. The van der Waals surface area contributed by atoms with Crippen molar-refractivity contribution < 1.29 is 19.4 Å². The number of aliphatic hydroxyl groups is 1. The number of Topliss-reactive ketones (excluding diaryl/α,β-unsaturated/α-hetero) is 1. The van der Waals surface area contributed by atoms with Crippen LogP contribution in [-0.2, 0) is 14.3 Å². The zero-order valence-electron chi connectivity index (χ0n) is 10.4. The monoisotopic (exact) mass is 230 g/mol. The molecule has 4 nitrogen and oxygen atoms in total. The fraction of sp³-hybridized carbons (Fsp3) is 0.917. The molecule has 2 atom stereocenters. The summed E-state index contributed by atoms with van der Waals surface area (Å²) in [4.78, 5) is 11.5. The molecule has 2 aliphatic rings. The minimum atomic E-state index is -0.925. The van der Waals surface area contributed by atoms with E-state index in [2.05, 4.69) is 0 Å². The van der Waals surface area contributed by atoms with Crippen LogP contribution in [-0.4, -0.2) is 36.0 Å². The molecule has 1 heterocycles. The average molecular weight is 230 g/mol. The van der Waals surface area contributed by atoms with Gasteiger partial charge in [-0.2, -0.15) is 0 Å². The summed E-state index contributed by atoms with van der Waals surface area (Å²) in [6.45, 7) is 6.98. The minimum absolute atomic E-state index is 0.0824. The van der Waals surface area contributed by atoms with Crippen molar-refractivity contribution in [3.05, 3.63) is 0 Å². The third-order valence-corrected chi connectivity index (χ3v) is 3.09. The van der Waals surface area contributed by atoms with E-state index in [0.29, 0.717) is 19.6 Å². The maximum Gasteiger partial charge on any atom is 0.171 e. The maximum absolute atomic E-state index is 11.5. The van der Waals surface area contributed by atoms with Gasteiger partial charge in [0.25, 0.3) is 0 Å². The second kappa shape index (κ2) is 5.75. The molecule has 94 valence electrons. The Hall–Kier alpha value is -0.450. The summed E-state index contributed by atoms with van der Waals surface area (Å²) in [5.74, 6) is -0.849. The molecule has 1 saturated carbocycles. The number of carbonyl (C=O) groups excluding carboxylic acids is 1. The quantitative estimate of drug-likeness (QED) is 0.685. The third kappa shape index (κ3) is 2.81. The number of carbonyl (C=O) groups is 1. The molecule has 16 heavy (non-hydrogen) atoms. The van der Waals surface area contributed by atoms with Gasteiger partial charge in [0.15, 0.2) is 11.6 Å². The van der Waals surface area contributed by atoms with Crippen molar-refractivity contribution >= 4 is 5.78 Å². The second-order valence-electron chi connectivity index (χ2n) is 4.17. The zero-order chi connectivity index (χ0) is 12.2. The molecule has 0 aromatic carbocycles. The third-order valence-electron chi connectivity index (χ3n) is 3.09. The Balaban J connectivity index is 0.000000606. The fourth-order valence-corrected chi connectivity index (χ4v) is 2.16. The Morgan fingerprint density at radius 3 is 2.44 bits per heavy atom. The molecular formula is C12H22O4. The van der Waals surface area contributed by atoms with Gasteiger partial charge in [0.05, 0.1) is 13.2 Å². The van der Waals surface area contributed by atoms with Crippen LogP contribution in [0.5, 0.6) is 0 Å². The summed E-state index contributed by atoms with van der Waals surface area (Å²) in [5, 5.41) is 9.64. The molecule has 2 rings (SSSR count). The van der Waals surface area contributed by atoms with Gasteiger partial charge >= 0.3 is 0 Å². The molecule has 0 unspecified atom stereocenters. The van der Waals surface area contributed by atoms with Crippen LogP contribution < -0.4 is 0 Å². The van der Waals surface area contributed by atoms with Gasteiger partial charge in [-0.05, 0) is 6.42 Å². The fourth-order valence-electron chi connectivity index (χ4n) is 2.16. The predicted molar refractivity (Wildman–Crippen MR) is 60.0 cm³/mol. The molecule has 1 spiro atoms. The molecule has 0 bridgehead atoms. The summed E-state index contributed by atoms with van der Waals surface area (Å²) in [6, 6.07) is 0. The lowest BCUT2D eigenvalue weighted by Crippen LogP contribution is -2.35. The lowest BCUT2D eigenvalue weighted by Gasteiger charge is -2.26. The second-order valence-corrected chi connectivity index (χ2v) is 4.17. The van der Waals surface area contributed by atoms with Crippen LogP contribution >= 0.6 is 0 Å². The number of hydrogen-bond acceptors (Lipinski definition) is 4. The standard InChI is InChI=1S/C10H16O4.C2H6/c1-7-2-3-10(13-4-5-14-10)6-8(11)9(7)12;1-2/h7-8,11H,2-6H2,1H3;1-2H3/t7-,8+;/m1./s1. The van der Waals surface area contributed by atoms with E-state index in [0.717, 1.165) is 6.42 Å². The Bertz CT molecular complexity index is 233. The Kier molecular flexibility index (Phi) is 4.89. The van der Waals surface area contributed by atoms with E-state index in [1.54, 1.807) is 0 Å². The van der Waals surface area contributed by atoms with E-state index in [-0.39, 0.29) is 18.1 Å². The predicted octanol–water partition coefficient (Wildman–Crippen LogP) is 1.51. The van der Waals surface area contributed by atoms with Gasteiger partial charge in [0, 0.05) is 18.8 Å². The van der Waals surface area contributed by atoms with Crippen molar-refractivity contribution in [2.75, 3.05) is 13.2 Å². The van der Waals surface area contributed by atoms with Crippen molar-refractivity contribution in [2.24, 2.45) is 5.92 Å². The van der Waals surface area contributed by atoms with Crippen LogP contribution in [0.2, 0.25) is 0 Å². The molecule has 0 aromatic rings. The average Bonchev–Trinajstić information content (AvgIpc) is 2.72. The van der Waals surface area contributed by atoms with E-state index < -0.39 is 11.9 Å². The normalized spacial score (nSPS) is 33.1. The van der Waals surface area contributed by atoms with Gasteiger partial charge in [-0.15, -0.1) is 0 Å². The Morgan fingerprint density at radius 1 is 1.31 bits per heavy atom. The van der Waals surface area contributed by atoms with E-state index in [9.17, 15) is 9.90 Å². The first-order valence-corrected chi connectivity index (χ1v) is 6.13. The SMILES string of the molecule is CC.C[C@@H]1CCC2(C[C@H](O)C1=O)OCCO2. The lowest BCUT2D eigenvalue weighted by atomic mass is 10.0. The van der Waals surface area contributed by atoms with Crippen molar-refractivity contribution in [1.82, 2.24) is 0 Å². The molecular weight excluding hydrogens is 208 g/mol. The van der Waals surface area contributed by atoms with Gasteiger partial charge in [0.2, 0.25) is 0 Å².